The summed E-state index contributed by atoms with van der Waals surface area (Å²) in [7, 11) is 0. The molecule has 3 aromatic rings. The summed E-state index contributed by atoms with van der Waals surface area (Å²) >= 11 is 5.96. The van der Waals surface area contributed by atoms with Gasteiger partial charge in [-0.25, -0.2) is 0 Å². The summed E-state index contributed by atoms with van der Waals surface area (Å²) in [5.74, 6) is 0.191. The Bertz CT molecular complexity index is 946. The van der Waals surface area contributed by atoms with Gasteiger partial charge in [0.05, 0.1) is 5.02 Å². The Morgan fingerprint density at radius 1 is 0.960 bits per heavy atom. The first kappa shape index (κ1) is 17.6. The Morgan fingerprint density at radius 3 is 2.24 bits per heavy atom. The number of rotatable bonds is 1. The van der Waals surface area contributed by atoms with E-state index in [4.69, 9.17) is 11.6 Å². The number of fused-ring (bicyclic) bond motifs is 1. The van der Waals surface area contributed by atoms with Crippen molar-refractivity contribution >= 4 is 22.6 Å². The van der Waals surface area contributed by atoms with Crippen molar-refractivity contribution in [3.05, 3.63) is 46.5 Å². The van der Waals surface area contributed by atoms with E-state index in [1.807, 2.05) is 6.07 Å². The van der Waals surface area contributed by atoms with E-state index in [-0.39, 0.29) is 16.6 Å². The van der Waals surface area contributed by atoms with Crippen molar-refractivity contribution in [1.29, 1.82) is 0 Å². The average molecular weight is 356 g/mol. The van der Waals surface area contributed by atoms with E-state index in [0.29, 0.717) is 21.7 Å². The summed E-state index contributed by atoms with van der Waals surface area (Å²) in [6, 6.07) is 11.4. The highest BCUT2D eigenvalue weighted by Gasteiger charge is 2.26. The molecular formula is C20H22ClN3O. The largest absolute Gasteiger partial charge is 0.505 e. The van der Waals surface area contributed by atoms with Crippen molar-refractivity contribution in [1.82, 2.24) is 15.0 Å². The molecule has 1 heterocycles. The predicted octanol–water partition coefficient (Wildman–Crippen LogP) is 4.97. The minimum atomic E-state index is -0.212. The molecule has 0 fully saturated rings. The van der Waals surface area contributed by atoms with Gasteiger partial charge in [0.2, 0.25) is 0 Å². The van der Waals surface area contributed by atoms with Gasteiger partial charge in [-0.2, -0.15) is 0 Å². The number of phenols is 1. The second kappa shape index (κ2) is 5.64. The first-order valence-electron chi connectivity index (χ1n) is 8.22. The van der Waals surface area contributed by atoms with Crippen LogP contribution in [-0.2, 0) is 10.8 Å². The quantitative estimate of drug-likeness (QED) is 0.670. The molecule has 0 amide bonds. The van der Waals surface area contributed by atoms with Crippen LogP contribution in [0.1, 0.15) is 52.7 Å². The number of halogens is 1. The van der Waals surface area contributed by atoms with E-state index >= 15 is 0 Å². The van der Waals surface area contributed by atoms with Gasteiger partial charge in [0.1, 0.15) is 17.0 Å². The van der Waals surface area contributed by atoms with Crippen LogP contribution in [0.5, 0.6) is 5.75 Å². The number of hydrogen-bond acceptors (Lipinski definition) is 3. The van der Waals surface area contributed by atoms with E-state index in [0.717, 1.165) is 11.1 Å². The first-order valence-corrected chi connectivity index (χ1v) is 8.59. The predicted molar refractivity (Wildman–Crippen MR) is 101 cm³/mol. The van der Waals surface area contributed by atoms with Crippen LogP contribution in [0.25, 0.3) is 16.7 Å². The van der Waals surface area contributed by atoms with Crippen LogP contribution >= 0.6 is 11.6 Å². The summed E-state index contributed by atoms with van der Waals surface area (Å²) in [5, 5.41) is 20.2. The van der Waals surface area contributed by atoms with Gasteiger partial charge in [0, 0.05) is 5.56 Å². The fourth-order valence-corrected chi connectivity index (χ4v) is 2.81. The van der Waals surface area contributed by atoms with Gasteiger partial charge in [-0.1, -0.05) is 59.2 Å². The van der Waals surface area contributed by atoms with Crippen molar-refractivity contribution < 1.29 is 5.11 Å². The molecule has 0 aliphatic rings. The first-order chi connectivity index (χ1) is 11.5. The van der Waals surface area contributed by atoms with Crippen LogP contribution in [-0.4, -0.2) is 20.1 Å². The minimum Gasteiger partial charge on any atom is -0.505 e. The van der Waals surface area contributed by atoms with Gasteiger partial charge in [0.25, 0.3) is 0 Å². The average Bonchev–Trinajstić information content (AvgIpc) is 2.87. The highest BCUT2D eigenvalue weighted by atomic mass is 35.5. The van der Waals surface area contributed by atoms with Crippen LogP contribution in [0.4, 0.5) is 0 Å². The monoisotopic (exact) mass is 355 g/mol. The molecule has 0 unspecified atom stereocenters. The number of phenolic OH excluding ortho intramolecular Hbond substituents is 1. The maximum atomic E-state index is 10.9. The fraction of sp³-hybridized carbons (Fsp3) is 0.400. The Kier molecular flexibility index (Phi) is 3.96. The maximum Gasteiger partial charge on any atom is 0.163 e. The molecule has 0 radical (unpaired) electrons. The number of nitrogens with zero attached hydrogens (tertiary/aromatic N) is 3. The molecule has 0 atom stereocenters. The molecule has 3 rings (SSSR count). The molecule has 25 heavy (non-hydrogen) atoms. The molecule has 0 aliphatic carbocycles. The van der Waals surface area contributed by atoms with Crippen LogP contribution in [0.15, 0.2) is 18.2 Å². The van der Waals surface area contributed by atoms with Gasteiger partial charge in [-0.05, 0) is 40.7 Å². The zero-order valence-electron chi connectivity index (χ0n) is 15.4. The minimum absolute atomic E-state index is 0.0712. The van der Waals surface area contributed by atoms with Crippen molar-refractivity contribution in [3.8, 4) is 11.4 Å². The maximum absolute atomic E-state index is 10.9. The lowest BCUT2D eigenvalue weighted by Crippen LogP contribution is -2.18. The third kappa shape index (κ3) is 3.29. The van der Waals surface area contributed by atoms with E-state index in [2.05, 4.69) is 69.9 Å². The molecule has 0 bridgehead atoms. The standard InChI is InChI=1S/C20H22ClN3O/c1-19(2,3)12-9-14(20(4,5)6)18(25)17(10-12)24-22-15-8-7-13(21)11-16(15)23-24/h9-11,25H,1-6H3. The Hall–Kier alpha value is -2.25. The lowest BCUT2D eigenvalue weighted by atomic mass is 9.80. The molecule has 1 N–H and O–H groups in total. The van der Waals surface area contributed by atoms with E-state index < -0.39 is 0 Å². The molecule has 0 aliphatic heterocycles. The van der Waals surface area contributed by atoms with Crippen molar-refractivity contribution in [2.24, 2.45) is 0 Å². The topological polar surface area (TPSA) is 50.9 Å². The van der Waals surface area contributed by atoms with Gasteiger partial charge in [0.15, 0.2) is 5.52 Å². The molecule has 5 heteroatoms. The highest BCUT2D eigenvalue weighted by Crippen LogP contribution is 2.39. The van der Waals surface area contributed by atoms with Gasteiger partial charge < -0.3 is 5.11 Å². The zero-order valence-corrected chi connectivity index (χ0v) is 16.2. The smallest absolute Gasteiger partial charge is 0.163 e. The summed E-state index contributed by atoms with van der Waals surface area (Å²) < 4.78 is 0. The van der Waals surface area contributed by atoms with Crippen molar-refractivity contribution in [2.75, 3.05) is 0 Å². The molecule has 2 aromatic carbocycles. The Morgan fingerprint density at radius 2 is 1.64 bits per heavy atom. The summed E-state index contributed by atoms with van der Waals surface area (Å²) in [6.07, 6.45) is 0. The van der Waals surface area contributed by atoms with Crippen molar-refractivity contribution in [2.45, 2.75) is 52.4 Å². The summed E-state index contributed by atoms with van der Waals surface area (Å²) in [4.78, 5) is 1.45. The van der Waals surface area contributed by atoms with Crippen LogP contribution in [0, 0.1) is 12.1 Å². The SMILES string of the molecule is CC(C)(C)c1cc(-n2nc3c#cc(Cl)cc3n2)c(O)c(C(C)(C)C)c1. The van der Waals surface area contributed by atoms with Crippen LogP contribution < -0.4 is 0 Å². The number of hydrogen-bond donors (Lipinski definition) is 1. The summed E-state index contributed by atoms with van der Waals surface area (Å²) in [6.45, 7) is 12.7. The highest BCUT2D eigenvalue weighted by molar-refractivity contribution is 6.30. The molecule has 1 aromatic heterocycles. The molecular weight excluding hydrogens is 334 g/mol. The second-order valence-corrected chi connectivity index (χ2v) is 8.76. The molecule has 0 saturated carbocycles. The van der Waals surface area contributed by atoms with E-state index in [1.54, 1.807) is 6.07 Å². The van der Waals surface area contributed by atoms with Crippen LogP contribution in [0.2, 0.25) is 5.02 Å². The van der Waals surface area contributed by atoms with Crippen molar-refractivity contribution in [3.63, 3.8) is 0 Å². The Labute approximate surface area is 153 Å². The second-order valence-electron chi connectivity index (χ2n) is 8.36. The lowest BCUT2D eigenvalue weighted by molar-refractivity contribution is 0.438. The normalized spacial score (nSPS) is 12.4. The third-order valence-corrected chi connectivity index (χ3v) is 4.39. The number of aromatic hydroxyl groups is 1. The van der Waals surface area contributed by atoms with Gasteiger partial charge in [-0.15, -0.1) is 15.0 Å². The molecule has 130 valence electrons. The zero-order chi connectivity index (χ0) is 18.6. The van der Waals surface area contributed by atoms with E-state index in [1.165, 1.54) is 4.80 Å². The van der Waals surface area contributed by atoms with Gasteiger partial charge >= 0.3 is 0 Å². The van der Waals surface area contributed by atoms with E-state index in [9.17, 15) is 5.11 Å². The lowest BCUT2D eigenvalue weighted by Gasteiger charge is -2.27. The molecule has 0 saturated heterocycles. The summed E-state index contributed by atoms with van der Waals surface area (Å²) in [5.41, 5.74) is 3.42. The number of benzene rings is 1. The number of aromatic nitrogens is 3. The third-order valence-electron chi connectivity index (χ3n) is 4.18. The van der Waals surface area contributed by atoms with Crippen LogP contribution in [0.3, 0.4) is 0 Å². The molecule has 0 spiro atoms. The molecule has 4 nitrogen and oxygen atoms in total. The Balaban J connectivity index is 2.29. The van der Waals surface area contributed by atoms with Gasteiger partial charge in [-0.3, -0.25) is 0 Å². The fourth-order valence-electron chi connectivity index (χ4n) is 2.66.